The maximum Gasteiger partial charge on any atom is 0.472 e. The number of unbranched alkanes of at least 4 members (excludes halogenated alkanes) is 27. The number of allylic oxidation sites excluding steroid dienone is 30. The summed E-state index contributed by atoms with van der Waals surface area (Å²) in [6.07, 6.45) is 109. The number of phosphoric acid groups is 2. The van der Waals surface area contributed by atoms with Crippen LogP contribution in [0.5, 0.6) is 0 Å². The third-order valence-electron chi connectivity index (χ3n) is 17.6. The van der Waals surface area contributed by atoms with Crippen LogP contribution in [0.1, 0.15) is 329 Å². The van der Waals surface area contributed by atoms with Gasteiger partial charge in [-0.25, -0.2) is 9.13 Å². The van der Waals surface area contributed by atoms with Gasteiger partial charge in [-0.15, -0.1) is 0 Å². The zero-order valence-electron chi connectivity index (χ0n) is 69.3. The lowest BCUT2D eigenvalue weighted by atomic mass is 10.0. The van der Waals surface area contributed by atoms with Crippen molar-refractivity contribution in [2.24, 2.45) is 0 Å². The summed E-state index contributed by atoms with van der Waals surface area (Å²) in [5.41, 5.74) is 0. The molecule has 0 radical (unpaired) electrons. The molecule has 0 aliphatic rings. The molecule has 0 aromatic rings. The lowest BCUT2D eigenvalue weighted by Gasteiger charge is -2.21. The van der Waals surface area contributed by atoms with Crippen molar-refractivity contribution in [2.45, 2.75) is 347 Å². The van der Waals surface area contributed by atoms with E-state index in [0.29, 0.717) is 19.3 Å². The Hall–Kier alpha value is -5.35. The first-order valence-electron chi connectivity index (χ1n) is 43.1. The van der Waals surface area contributed by atoms with Gasteiger partial charge in [0.05, 0.1) is 26.4 Å². The number of hydrogen-bond donors (Lipinski definition) is 4. The van der Waals surface area contributed by atoms with Crippen LogP contribution in [0.25, 0.3) is 0 Å². The smallest absolute Gasteiger partial charge is 0.463 e. The molecule has 0 fully saturated rings. The van der Waals surface area contributed by atoms with Crippen molar-refractivity contribution in [2.75, 3.05) is 39.6 Å². The van der Waals surface area contributed by atoms with E-state index in [0.717, 1.165) is 154 Å². The Balaban J connectivity index is 4.58. The molecule has 0 amide bonds. The molecule has 4 N–H and O–H groups in total. The Morgan fingerprint density at radius 3 is 0.766 bits per heavy atom. The number of rotatable bonds is 80. The molecule has 0 bridgehead atoms. The van der Waals surface area contributed by atoms with Gasteiger partial charge in [0, 0.05) is 19.3 Å². The predicted molar refractivity (Wildman–Crippen MR) is 463 cm³/mol. The average Bonchev–Trinajstić information content (AvgIpc) is 0.902. The molecular formula is C93H154O16P2. The molecule has 0 heterocycles. The second kappa shape index (κ2) is 84.1. The van der Waals surface area contributed by atoms with E-state index < -0.39 is 91.5 Å². The molecule has 0 saturated heterocycles. The van der Waals surface area contributed by atoms with E-state index in [1.54, 1.807) is 0 Å². The van der Waals surface area contributed by atoms with Crippen LogP contribution in [-0.2, 0) is 55.8 Å². The largest absolute Gasteiger partial charge is 0.472 e. The van der Waals surface area contributed by atoms with Crippen LogP contribution < -0.4 is 0 Å². The van der Waals surface area contributed by atoms with Gasteiger partial charge in [0.1, 0.15) is 25.4 Å². The minimum absolute atomic E-state index is 0.0523. The monoisotopic (exact) mass is 1590 g/mol. The minimum atomic E-state index is -4.96. The highest BCUT2D eigenvalue weighted by atomic mass is 31.2. The van der Waals surface area contributed by atoms with E-state index >= 15 is 0 Å². The van der Waals surface area contributed by atoms with E-state index in [-0.39, 0.29) is 19.3 Å². The van der Waals surface area contributed by atoms with Crippen LogP contribution in [-0.4, -0.2) is 95.9 Å². The van der Waals surface area contributed by atoms with Gasteiger partial charge in [0.15, 0.2) is 6.10 Å². The summed E-state index contributed by atoms with van der Waals surface area (Å²) in [5.74, 6) is -1.65. The van der Waals surface area contributed by atoms with Crippen LogP contribution in [0.2, 0.25) is 0 Å². The van der Waals surface area contributed by atoms with E-state index in [4.69, 9.17) is 32.3 Å². The molecule has 0 aliphatic heterocycles. The van der Waals surface area contributed by atoms with Crippen molar-refractivity contribution in [3.05, 3.63) is 182 Å². The molecule has 5 atom stereocenters. The lowest BCUT2D eigenvalue weighted by Crippen LogP contribution is -2.30. The topological polar surface area (TPSA) is 231 Å². The molecule has 111 heavy (non-hydrogen) atoms. The van der Waals surface area contributed by atoms with Gasteiger partial charge in [-0.3, -0.25) is 32.5 Å². The standard InChI is InChI=1S/C93H154O16P2/c1-4-7-10-13-16-19-22-25-28-31-34-36-38-39-40-41-42-43-44-45-46-47-49-51-53-55-58-61-64-67-70-73-76-79-91(96)103-82-88(94)83-105-110(99,100)106-84-89(95)85-107-111(101,102)108-87-90(109-93(98)81-78-75-72-69-66-63-60-57-52-33-30-27-24-21-18-15-12-9-6-3)86-104-92(97)80-77-74-71-68-65-62-59-56-54-50-48-37-35-32-29-26-23-20-17-14-11-8-5-2/h8-9,11-12,16-21,25-30,34-37,39-40,50,52,54,57,59,62-63,66,88-90,94-95H,4-7,10,13-15,22-24,31-33,38,41-49,51,53,55-56,58,60-61,64-65,67-87H2,1-3H3,(H,99,100)(H,101,102)/b11-8-,12-9-,19-16-,20-17-,21-18-,28-25-,29-26-,30-27-,36-34-,37-35-,40-39-,54-50-,57-52-,62-59-,66-63-. The second-order valence-electron chi connectivity index (χ2n) is 28.2. The molecule has 632 valence electrons. The van der Waals surface area contributed by atoms with Crippen LogP contribution in [0.3, 0.4) is 0 Å². The van der Waals surface area contributed by atoms with Crippen LogP contribution >= 0.6 is 15.6 Å². The van der Waals surface area contributed by atoms with Gasteiger partial charge in [-0.2, -0.15) is 0 Å². The van der Waals surface area contributed by atoms with Crippen molar-refractivity contribution >= 4 is 33.6 Å². The normalized spacial score (nSPS) is 14.8. The Morgan fingerprint density at radius 2 is 0.477 bits per heavy atom. The Morgan fingerprint density at radius 1 is 0.261 bits per heavy atom. The molecule has 18 heteroatoms. The Kier molecular flexibility index (Phi) is 80.0. The van der Waals surface area contributed by atoms with E-state index in [2.05, 4.69) is 203 Å². The summed E-state index contributed by atoms with van der Waals surface area (Å²) in [4.78, 5) is 58.8. The molecule has 5 unspecified atom stereocenters. The van der Waals surface area contributed by atoms with E-state index in [1.165, 1.54) is 116 Å². The molecule has 16 nitrogen and oxygen atoms in total. The van der Waals surface area contributed by atoms with Gasteiger partial charge in [0.25, 0.3) is 0 Å². The fraction of sp³-hybridized carbons (Fsp3) is 0.645. The molecule has 0 saturated carbocycles. The highest BCUT2D eigenvalue weighted by molar-refractivity contribution is 7.47. The van der Waals surface area contributed by atoms with Gasteiger partial charge in [-0.1, -0.05) is 331 Å². The maximum absolute atomic E-state index is 13.0. The van der Waals surface area contributed by atoms with Crippen LogP contribution in [0, 0.1) is 0 Å². The zero-order chi connectivity index (χ0) is 80.8. The number of aliphatic hydroxyl groups excluding tert-OH is 2. The van der Waals surface area contributed by atoms with Gasteiger partial charge in [-0.05, 0) is 161 Å². The second-order valence-corrected chi connectivity index (χ2v) is 31.1. The first-order chi connectivity index (χ1) is 54.2. The summed E-state index contributed by atoms with van der Waals surface area (Å²) in [5, 5.41) is 20.7. The molecule has 0 aromatic heterocycles. The summed E-state index contributed by atoms with van der Waals surface area (Å²) < 4.78 is 61.3. The third-order valence-corrected chi connectivity index (χ3v) is 19.5. The number of esters is 3. The maximum atomic E-state index is 13.0. The van der Waals surface area contributed by atoms with E-state index in [1.807, 2.05) is 0 Å². The van der Waals surface area contributed by atoms with Crippen LogP contribution in [0.4, 0.5) is 0 Å². The highest BCUT2D eigenvalue weighted by Gasteiger charge is 2.29. The van der Waals surface area contributed by atoms with Gasteiger partial charge in [0.2, 0.25) is 0 Å². The summed E-state index contributed by atoms with van der Waals surface area (Å²) in [6.45, 7) is 2.36. The van der Waals surface area contributed by atoms with Gasteiger partial charge < -0.3 is 34.2 Å². The van der Waals surface area contributed by atoms with E-state index in [9.17, 15) is 43.5 Å². The number of phosphoric ester groups is 2. The third kappa shape index (κ3) is 85.4. The first-order valence-corrected chi connectivity index (χ1v) is 46.1. The average molecular weight is 1590 g/mol. The number of carbonyl (C=O) groups is 3. The number of ether oxygens (including phenoxy) is 3. The molecule has 0 aliphatic carbocycles. The SMILES string of the molecule is CC/C=C\C/C=C\C/C=C\C/C=C\C/C=C\C/C=C\CCCCCCC(=O)OCC(COP(=O)(O)OCC(O)COP(=O)(O)OCC(O)COC(=O)CCCCCCCCCCCCCCCCCCC/C=C\C/C=C\C/C=C\C/C=C\CCCCC)OC(=O)CCCCC/C=C\C/C=C\C/C=C\C/C=C\C/C=C\CC. The van der Waals surface area contributed by atoms with Crippen molar-refractivity contribution in [3.8, 4) is 0 Å². The molecule has 0 aromatic carbocycles. The van der Waals surface area contributed by atoms with Crippen molar-refractivity contribution in [3.63, 3.8) is 0 Å². The summed E-state index contributed by atoms with van der Waals surface area (Å²) in [7, 11) is -9.83. The Labute approximate surface area is 675 Å². The lowest BCUT2D eigenvalue weighted by molar-refractivity contribution is -0.161. The van der Waals surface area contributed by atoms with Crippen LogP contribution in [0.15, 0.2) is 182 Å². The van der Waals surface area contributed by atoms with Crippen molar-refractivity contribution in [1.29, 1.82) is 0 Å². The predicted octanol–water partition coefficient (Wildman–Crippen LogP) is 26.1. The number of aliphatic hydroxyl groups is 2. The van der Waals surface area contributed by atoms with Crippen molar-refractivity contribution in [1.82, 2.24) is 0 Å². The quantitative estimate of drug-likeness (QED) is 0.0146. The van der Waals surface area contributed by atoms with Crippen molar-refractivity contribution < 1.29 is 75.8 Å². The minimum Gasteiger partial charge on any atom is -0.463 e. The number of carbonyl (C=O) groups excluding carboxylic acids is 3. The summed E-state index contributed by atoms with van der Waals surface area (Å²) in [6, 6.07) is 0. The fourth-order valence-corrected chi connectivity index (χ4v) is 12.7. The number of hydrogen-bond acceptors (Lipinski definition) is 14. The zero-order valence-corrected chi connectivity index (χ0v) is 71.1. The molecular weight excluding hydrogens is 1430 g/mol. The first kappa shape index (κ1) is 106. The highest BCUT2D eigenvalue weighted by Crippen LogP contribution is 2.45. The fourth-order valence-electron chi connectivity index (χ4n) is 11.1. The van der Waals surface area contributed by atoms with Gasteiger partial charge >= 0.3 is 33.6 Å². The Bertz CT molecular complexity index is 2750. The summed E-state index contributed by atoms with van der Waals surface area (Å²) >= 11 is 0. The molecule has 0 rings (SSSR count). The molecule has 0 spiro atoms.